The molecule has 0 saturated carbocycles. The van der Waals surface area contributed by atoms with Gasteiger partial charge in [0, 0.05) is 33.5 Å². The quantitative estimate of drug-likeness (QED) is 0.176. The highest BCUT2D eigenvalue weighted by Gasteiger charge is 2.15. The van der Waals surface area contributed by atoms with Crippen LogP contribution in [0.3, 0.4) is 0 Å². The van der Waals surface area contributed by atoms with Gasteiger partial charge in [-0.25, -0.2) is 0 Å². The van der Waals surface area contributed by atoms with Crippen LogP contribution in [0.4, 0.5) is 17.1 Å². The third-order valence-electron chi connectivity index (χ3n) is 8.85. The summed E-state index contributed by atoms with van der Waals surface area (Å²) < 4.78 is 2.40. The minimum Gasteiger partial charge on any atom is -0.310 e. The second-order valence-corrected chi connectivity index (χ2v) is 11.8. The van der Waals surface area contributed by atoms with Gasteiger partial charge in [-0.05, 0) is 95.4 Å². The summed E-state index contributed by atoms with van der Waals surface area (Å²) in [5, 5.41) is 2.52. The van der Waals surface area contributed by atoms with Gasteiger partial charge in [-0.3, -0.25) is 0 Å². The summed E-state index contributed by atoms with van der Waals surface area (Å²) in [7, 11) is 0. The van der Waals surface area contributed by atoms with Crippen molar-refractivity contribution < 1.29 is 0 Å². The van der Waals surface area contributed by atoms with Crippen LogP contribution in [0.25, 0.3) is 55.8 Å². The highest BCUT2D eigenvalue weighted by Crippen LogP contribution is 2.38. The van der Waals surface area contributed by atoms with Crippen LogP contribution in [-0.4, -0.2) is 4.57 Å². The number of nitrogens with zero attached hydrogens (tertiary/aromatic N) is 2. The second kappa shape index (κ2) is 12.3. The molecule has 0 aliphatic heterocycles. The zero-order chi connectivity index (χ0) is 31.6. The van der Waals surface area contributed by atoms with Gasteiger partial charge in [-0.15, -0.1) is 0 Å². The molecule has 0 saturated heterocycles. The van der Waals surface area contributed by atoms with Gasteiger partial charge in [0.1, 0.15) is 0 Å². The first-order chi connectivity index (χ1) is 23.3. The lowest BCUT2D eigenvalue weighted by atomic mass is 9.99. The van der Waals surface area contributed by atoms with E-state index in [0.717, 1.165) is 22.7 Å². The lowest BCUT2D eigenvalue weighted by Gasteiger charge is -2.25. The highest BCUT2D eigenvalue weighted by atomic mass is 15.1. The normalized spacial score (nSPS) is 11.4. The van der Waals surface area contributed by atoms with E-state index in [9.17, 15) is 0 Å². The fourth-order valence-corrected chi connectivity index (χ4v) is 6.65. The van der Waals surface area contributed by atoms with Crippen molar-refractivity contribution in [2.45, 2.75) is 6.92 Å². The van der Waals surface area contributed by atoms with E-state index in [1.165, 1.54) is 49.6 Å². The number of rotatable bonds is 7. The maximum absolute atomic E-state index is 2.40. The zero-order valence-corrected chi connectivity index (χ0v) is 26.3. The van der Waals surface area contributed by atoms with Crippen molar-refractivity contribution in [3.8, 4) is 27.9 Å². The average molecular weight is 603 g/mol. The lowest BCUT2D eigenvalue weighted by Crippen LogP contribution is -2.09. The molecule has 2 heteroatoms. The molecule has 1 aromatic heterocycles. The molecule has 0 aliphatic rings. The number of para-hydroxylation sites is 3. The van der Waals surface area contributed by atoms with E-state index in [1.54, 1.807) is 0 Å². The van der Waals surface area contributed by atoms with Crippen LogP contribution in [0.15, 0.2) is 182 Å². The van der Waals surface area contributed by atoms with E-state index in [1.807, 2.05) is 0 Å². The molecule has 1 heterocycles. The smallest absolute Gasteiger partial charge is 0.0547 e. The molecule has 0 atom stereocenters. The fourth-order valence-electron chi connectivity index (χ4n) is 6.65. The molecule has 0 amide bonds. The van der Waals surface area contributed by atoms with E-state index in [0.29, 0.717) is 0 Å². The Bertz CT molecular complexity index is 2290. The third kappa shape index (κ3) is 5.41. The Hall–Kier alpha value is -6.12. The number of allylic oxidation sites excluding steroid dienone is 1. The van der Waals surface area contributed by atoms with E-state index in [-0.39, 0.29) is 0 Å². The molecule has 0 spiro atoms. The largest absolute Gasteiger partial charge is 0.310 e. The molecule has 2 nitrogen and oxygen atoms in total. The second-order valence-electron chi connectivity index (χ2n) is 11.8. The molecule has 0 N–H and O–H groups in total. The summed E-state index contributed by atoms with van der Waals surface area (Å²) in [4.78, 5) is 2.31. The SMILES string of the molecule is C/C=C/c1ccc2c3ccc(-c4ccc(-c5cccc(N(c6ccccc6)c6ccccc6)c5)cc4)cc3n(-c3ccccc3)c2c1. The van der Waals surface area contributed by atoms with E-state index < -0.39 is 0 Å². The molecule has 8 aromatic rings. The summed E-state index contributed by atoms with van der Waals surface area (Å²) in [5.74, 6) is 0. The van der Waals surface area contributed by atoms with Crippen molar-refractivity contribution in [1.82, 2.24) is 4.57 Å². The van der Waals surface area contributed by atoms with Gasteiger partial charge in [0.15, 0.2) is 0 Å². The Labute approximate surface area is 276 Å². The fraction of sp³-hybridized carbons (Fsp3) is 0.0222. The van der Waals surface area contributed by atoms with Crippen molar-refractivity contribution in [3.63, 3.8) is 0 Å². The van der Waals surface area contributed by atoms with Crippen molar-refractivity contribution in [1.29, 1.82) is 0 Å². The number of anilines is 3. The van der Waals surface area contributed by atoms with Gasteiger partial charge in [0.05, 0.1) is 11.0 Å². The molecule has 0 fully saturated rings. The first-order valence-electron chi connectivity index (χ1n) is 16.1. The molecule has 0 unspecified atom stereocenters. The first-order valence-corrected chi connectivity index (χ1v) is 16.1. The minimum atomic E-state index is 1.13. The third-order valence-corrected chi connectivity index (χ3v) is 8.85. The predicted octanol–water partition coefficient (Wildman–Crippen LogP) is 12.6. The molecule has 7 aromatic carbocycles. The number of hydrogen-bond donors (Lipinski definition) is 0. The van der Waals surface area contributed by atoms with Crippen LogP contribution in [-0.2, 0) is 0 Å². The topological polar surface area (TPSA) is 8.17 Å². The maximum Gasteiger partial charge on any atom is 0.0547 e. The molecule has 224 valence electrons. The number of aromatic nitrogens is 1. The molecular weight excluding hydrogens is 569 g/mol. The van der Waals surface area contributed by atoms with Crippen LogP contribution in [0, 0.1) is 0 Å². The summed E-state index contributed by atoms with van der Waals surface area (Å²) >= 11 is 0. The molecule has 0 radical (unpaired) electrons. The van der Waals surface area contributed by atoms with Gasteiger partial charge in [0.25, 0.3) is 0 Å². The molecule has 0 aliphatic carbocycles. The van der Waals surface area contributed by atoms with E-state index in [2.05, 4.69) is 204 Å². The Balaban J connectivity index is 1.18. The molecule has 0 bridgehead atoms. The van der Waals surface area contributed by atoms with Gasteiger partial charge in [-0.2, -0.15) is 0 Å². The van der Waals surface area contributed by atoms with Gasteiger partial charge < -0.3 is 9.47 Å². The Morgan fingerprint density at radius 3 is 1.55 bits per heavy atom. The summed E-state index contributed by atoms with van der Waals surface area (Å²) in [6.45, 7) is 2.06. The monoisotopic (exact) mass is 602 g/mol. The lowest BCUT2D eigenvalue weighted by molar-refractivity contribution is 1.18. The van der Waals surface area contributed by atoms with Crippen molar-refractivity contribution in [3.05, 3.63) is 188 Å². The van der Waals surface area contributed by atoms with Crippen molar-refractivity contribution in [2.75, 3.05) is 4.90 Å². The van der Waals surface area contributed by atoms with Crippen LogP contribution in [0.2, 0.25) is 0 Å². The van der Waals surface area contributed by atoms with Gasteiger partial charge in [0.2, 0.25) is 0 Å². The molecule has 8 rings (SSSR count). The Morgan fingerprint density at radius 2 is 0.936 bits per heavy atom. The molecule has 47 heavy (non-hydrogen) atoms. The number of hydrogen-bond acceptors (Lipinski definition) is 1. The minimum absolute atomic E-state index is 1.13. The summed E-state index contributed by atoms with van der Waals surface area (Å²) in [6.07, 6.45) is 4.26. The van der Waals surface area contributed by atoms with E-state index >= 15 is 0 Å². The van der Waals surface area contributed by atoms with Crippen molar-refractivity contribution >= 4 is 44.9 Å². The Kier molecular flexibility index (Phi) is 7.45. The Morgan fingerprint density at radius 1 is 0.426 bits per heavy atom. The first kappa shape index (κ1) is 28.4. The van der Waals surface area contributed by atoms with Crippen LogP contribution >= 0.6 is 0 Å². The summed E-state index contributed by atoms with van der Waals surface area (Å²) in [6, 6.07) is 63.2. The standard InChI is InChI=1S/C45H34N2/c1-2-13-33-22-28-42-43-29-27-37(32-45(43)47(44(42)30-33)40-19-10-5-11-20-40)35-25-23-34(24-26-35)36-14-12-21-41(31-36)46(38-15-6-3-7-16-38)39-17-8-4-9-18-39/h2-32H,1H3/b13-2+. The van der Waals surface area contributed by atoms with E-state index in [4.69, 9.17) is 0 Å². The predicted molar refractivity (Wildman–Crippen MR) is 201 cm³/mol. The maximum atomic E-state index is 2.40. The number of fused-ring (bicyclic) bond motifs is 3. The van der Waals surface area contributed by atoms with Gasteiger partial charge >= 0.3 is 0 Å². The summed E-state index contributed by atoms with van der Waals surface area (Å²) in [5.41, 5.74) is 12.9. The average Bonchev–Trinajstić information content (AvgIpc) is 3.46. The van der Waals surface area contributed by atoms with Crippen LogP contribution in [0.5, 0.6) is 0 Å². The van der Waals surface area contributed by atoms with Crippen molar-refractivity contribution in [2.24, 2.45) is 0 Å². The van der Waals surface area contributed by atoms with Crippen LogP contribution < -0.4 is 4.90 Å². The molecular formula is C45H34N2. The highest BCUT2D eigenvalue weighted by molar-refractivity contribution is 6.10. The zero-order valence-electron chi connectivity index (χ0n) is 26.3. The number of benzene rings is 7. The van der Waals surface area contributed by atoms with Crippen LogP contribution in [0.1, 0.15) is 12.5 Å². The van der Waals surface area contributed by atoms with Gasteiger partial charge in [-0.1, -0.05) is 127 Å².